The normalized spacial score (nSPS) is 12.9. The molecular weight excluding hydrogens is 176 g/mol. The minimum absolute atomic E-state index is 0.0152. The van der Waals surface area contributed by atoms with E-state index in [1.54, 1.807) is 0 Å². The molecule has 0 fully saturated rings. The molecule has 0 saturated carbocycles. The Hall–Kier alpha value is -0.530. The van der Waals surface area contributed by atoms with Crippen molar-refractivity contribution in [1.82, 2.24) is 0 Å². The van der Waals surface area contributed by atoms with Crippen LogP contribution in [0.5, 0.6) is 0 Å². The second-order valence-corrected chi connectivity index (χ2v) is 4.13. The standard InChI is InChI=1S/C12H24O2/c1-5-7-8-9-14-12(13)11(6-2)10(3)4/h10-11H,5-9H2,1-4H3. The highest BCUT2D eigenvalue weighted by Gasteiger charge is 2.21. The third-order valence-corrected chi connectivity index (χ3v) is 2.54. The number of rotatable bonds is 7. The van der Waals surface area contributed by atoms with Crippen molar-refractivity contribution < 1.29 is 9.53 Å². The molecule has 0 amide bonds. The largest absolute Gasteiger partial charge is 0.465 e. The SMILES string of the molecule is CCCCCOC(=O)C(CC)C(C)C. The first-order chi connectivity index (χ1) is 6.63. The third kappa shape index (κ3) is 5.25. The molecule has 2 nitrogen and oxygen atoms in total. The first kappa shape index (κ1) is 13.5. The molecule has 0 rings (SSSR count). The predicted molar refractivity (Wildman–Crippen MR) is 59.1 cm³/mol. The summed E-state index contributed by atoms with van der Waals surface area (Å²) in [5, 5.41) is 0. The predicted octanol–water partition coefficient (Wildman–Crippen LogP) is 3.40. The Bertz CT molecular complexity index is 152. The van der Waals surface area contributed by atoms with Crippen molar-refractivity contribution in [3.63, 3.8) is 0 Å². The summed E-state index contributed by atoms with van der Waals surface area (Å²) < 4.78 is 5.22. The van der Waals surface area contributed by atoms with Gasteiger partial charge in [-0.2, -0.15) is 0 Å². The Morgan fingerprint density at radius 3 is 2.29 bits per heavy atom. The van der Waals surface area contributed by atoms with Gasteiger partial charge in [0, 0.05) is 0 Å². The zero-order valence-electron chi connectivity index (χ0n) is 10.0. The fourth-order valence-corrected chi connectivity index (χ4v) is 1.54. The molecule has 84 valence electrons. The van der Waals surface area contributed by atoms with Gasteiger partial charge in [-0.1, -0.05) is 40.5 Å². The van der Waals surface area contributed by atoms with Crippen LogP contribution in [0.15, 0.2) is 0 Å². The van der Waals surface area contributed by atoms with E-state index in [-0.39, 0.29) is 11.9 Å². The quantitative estimate of drug-likeness (QED) is 0.465. The van der Waals surface area contributed by atoms with Crippen LogP contribution in [0.1, 0.15) is 53.4 Å². The maximum atomic E-state index is 11.6. The smallest absolute Gasteiger partial charge is 0.309 e. The van der Waals surface area contributed by atoms with Crippen molar-refractivity contribution in [2.24, 2.45) is 11.8 Å². The van der Waals surface area contributed by atoms with Gasteiger partial charge in [0.2, 0.25) is 0 Å². The molecule has 0 aromatic carbocycles. The van der Waals surface area contributed by atoms with Gasteiger partial charge in [0.15, 0.2) is 0 Å². The number of carbonyl (C=O) groups is 1. The van der Waals surface area contributed by atoms with Crippen molar-refractivity contribution in [3.8, 4) is 0 Å². The van der Waals surface area contributed by atoms with Gasteiger partial charge in [0.1, 0.15) is 0 Å². The Morgan fingerprint density at radius 2 is 1.86 bits per heavy atom. The third-order valence-electron chi connectivity index (χ3n) is 2.54. The van der Waals surface area contributed by atoms with Crippen LogP contribution >= 0.6 is 0 Å². The molecule has 14 heavy (non-hydrogen) atoms. The van der Waals surface area contributed by atoms with Gasteiger partial charge in [0.05, 0.1) is 12.5 Å². The zero-order valence-corrected chi connectivity index (χ0v) is 10.0. The first-order valence-corrected chi connectivity index (χ1v) is 5.80. The molecule has 2 heteroatoms. The molecule has 1 unspecified atom stereocenters. The molecule has 0 radical (unpaired) electrons. The lowest BCUT2D eigenvalue weighted by Crippen LogP contribution is -2.22. The van der Waals surface area contributed by atoms with E-state index in [1.807, 2.05) is 6.92 Å². The van der Waals surface area contributed by atoms with Crippen LogP contribution in [0.4, 0.5) is 0 Å². The molecule has 0 aromatic rings. The van der Waals surface area contributed by atoms with Gasteiger partial charge < -0.3 is 4.74 Å². The van der Waals surface area contributed by atoms with Crippen molar-refractivity contribution in [1.29, 1.82) is 0 Å². The van der Waals surface area contributed by atoms with E-state index < -0.39 is 0 Å². The van der Waals surface area contributed by atoms with E-state index in [2.05, 4.69) is 20.8 Å². The Balaban J connectivity index is 3.70. The topological polar surface area (TPSA) is 26.3 Å². The minimum atomic E-state index is -0.0152. The van der Waals surface area contributed by atoms with Crippen LogP contribution in [0, 0.1) is 11.8 Å². The lowest BCUT2D eigenvalue weighted by molar-refractivity contribution is -0.150. The number of esters is 1. The highest BCUT2D eigenvalue weighted by molar-refractivity contribution is 5.72. The number of hydrogen-bond acceptors (Lipinski definition) is 2. The zero-order chi connectivity index (χ0) is 11.0. The average Bonchev–Trinajstić information content (AvgIpc) is 2.13. The maximum Gasteiger partial charge on any atom is 0.309 e. The van der Waals surface area contributed by atoms with Gasteiger partial charge in [0.25, 0.3) is 0 Å². The van der Waals surface area contributed by atoms with Crippen LogP contribution < -0.4 is 0 Å². The molecule has 0 spiro atoms. The van der Waals surface area contributed by atoms with Crippen molar-refractivity contribution in [2.45, 2.75) is 53.4 Å². The molecule has 0 saturated heterocycles. The molecule has 0 bridgehead atoms. The maximum absolute atomic E-state index is 11.6. The van der Waals surface area contributed by atoms with E-state index >= 15 is 0 Å². The van der Waals surface area contributed by atoms with E-state index in [1.165, 1.54) is 6.42 Å². The van der Waals surface area contributed by atoms with Crippen molar-refractivity contribution in [2.75, 3.05) is 6.61 Å². The molecule has 0 aromatic heterocycles. The first-order valence-electron chi connectivity index (χ1n) is 5.80. The Morgan fingerprint density at radius 1 is 1.21 bits per heavy atom. The molecular formula is C12H24O2. The summed E-state index contributed by atoms with van der Waals surface area (Å²) in [6.45, 7) is 8.92. The van der Waals surface area contributed by atoms with Crippen LogP contribution in [0.25, 0.3) is 0 Å². The number of hydrogen-bond donors (Lipinski definition) is 0. The molecule has 1 atom stereocenters. The summed E-state index contributed by atoms with van der Waals surface area (Å²) in [6, 6.07) is 0. The average molecular weight is 200 g/mol. The van der Waals surface area contributed by atoms with Crippen LogP contribution in [0.3, 0.4) is 0 Å². The van der Waals surface area contributed by atoms with Gasteiger partial charge in [-0.05, 0) is 18.8 Å². The van der Waals surface area contributed by atoms with Gasteiger partial charge in [-0.25, -0.2) is 0 Å². The highest BCUT2D eigenvalue weighted by Crippen LogP contribution is 2.16. The van der Waals surface area contributed by atoms with E-state index in [0.29, 0.717) is 12.5 Å². The van der Waals surface area contributed by atoms with Crippen LogP contribution in [-0.4, -0.2) is 12.6 Å². The van der Waals surface area contributed by atoms with Gasteiger partial charge in [-0.3, -0.25) is 4.79 Å². The van der Waals surface area contributed by atoms with Gasteiger partial charge >= 0.3 is 5.97 Å². The Kier molecular flexibility index (Phi) is 7.54. The van der Waals surface area contributed by atoms with Crippen molar-refractivity contribution in [3.05, 3.63) is 0 Å². The summed E-state index contributed by atoms with van der Waals surface area (Å²) in [6.07, 6.45) is 4.19. The highest BCUT2D eigenvalue weighted by atomic mass is 16.5. The summed E-state index contributed by atoms with van der Waals surface area (Å²) in [5.41, 5.74) is 0. The molecule has 0 heterocycles. The molecule has 0 aliphatic rings. The fourth-order valence-electron chi connectivity index (χ4n) is 1.54. The van der Waals surface area contributed by atoms with E-state index in [9.17, 15) is 4.79 Å². The monoisotopic (exact) mass is 200 g/mol. The number of ether oxygens (including phenoxy) is 1. The molecule has 0 N–H and O–H groups in total. The summed E-state index contributed by atoms with van der Waals surface area (Å²) in [7, 11) is 0. The summed E-state index contributed by atoms with van der Waals surface area (Å²) in [5.74, 6) is 0.453. The molecule has 0 aliphatic carbocycles. The minimum Gasteiger partial charge on any atom is -0.465 e. The lowest BCUT2D eigenvalue weighted by Gasteiger charge is -2.17. The van der Waals surface area contributed by atoms with E-state index in [0.717, 1.165) is 19.3 Å². The van der Waals surface area contributed by atoms with Crippen LogP contribution in [-0.2, 0) is 9.53 Å². The second kappa shape index (κ2) is 7.84. The van der Waals surface area contributed by atoms with Gasteiger partial charge in [-0.15, -0.1) is 0 Å². The number of unbranched alkanes of at least 4 members (excludes halogenated alkanes) is 2. The number of carbonyl (C=O) groups excluding carboxylic acids is 1. The Labute approximate surface area is 88.0 Å². The second-order valence-electron chi connectivity index (χ2n) is 4.13. The summed E-state index contributed by atoms with van der Waals surface area (Å²) in [4.78, 5) is 11.6. The van der Waals surface area contributed by atoms with E-state index in [4.69, 9.17) is 4.74 Å². The van der Waals surface area contributed by atoms with Crippen LogP contribution in [0.2, 0.25) is 0 Å². The fraction of sp³-hybridized carbons (Fsp3) is 0.917. The van der Waals surface area contributed by atoms with Crippen molar-refractivity contribution >= 4 is 5.97 Å². The summed E-state index contributed by atoms with van der Waals surface area (Å²) >= 11 is 0. The lowest BCUT2D eigenvalue weighted by atomic mass is 9.93. The molecule has 0 aliphatic heterocycles.